The molecule has 43 heavy (non-hydrogen) atoms. The molecular weight excluding hydrogens is 550 g/mol. The van der Waals surface area contributed by atoms with E-state index >= 15 is 0 Å². The van der Waals surface area contributed by atoms with Crippen molar-refractivity contribution < 1.29 is 19.4 Å². The maximum absolute atomic E-state index is 12.6. The van der Waals surface area contributed by atoms with Gasteiger partial charge in [0.2, 0.25) is 5.91 Å². The number of carbonyl (C=O) groups excluding carboxylic acids is 1. The highest BCUT2D eigenvalue weighted by Gasteiger charge is 2.18. The SMILES string of the molecule is COc1cc2c(Nc3cc(CC(=O)Nc4ccc5[nH]ncc5c4)[nH]n3)ncnc2cc1OCCCN1CCC(CO)CC1. The molecule has 4 heterocycles. The average molecular weight is 586 g/mol. The smallest absolute Gasteiger partial charge is 0.230 e. The number of rotatable bonds is 12. The number of nitrogens with zero attached hydrogens (tertiary/aromatic N) is 5. The number of aromatic amines is 2. The Hall–Kier alpha value is -4.75. The fourth-order valence-electron chi connectivity index (χ4n) is 5.34. The number of benzene rings is 2. The molecule has 0 atom stereocenters. The van der Waals surface area contributed by atoms with Crippen molar-refractivity contribution in [3.63, 3.8) is 0 Å². The van der Waals surface area contributed by atoms with Crippen LogP contribution in [0.3, 0.4) is 0 Å². The molecule has 1 saturated heterocycles. The number of fused-ring (bicyclic) bond motifs is 2. The number of amides is 1. The lowest BCUT2D eigenvalue weighted by Gasteiger charge is -2.30. The van der Waals surface area contributed by atoms with Crippen LogP contribution in [-0.4, -0.2) is 86.2 Å². The van der Waals surface area contributed by atoms with E-state index in [2.05, 4.69) is 45.9 Å². The van der Waals surface area contributed by atoms with Crippen LogP contribution in [-0.2, 0) is 11.2 Å². The van der Waals surface area contributed by atoms with Crippen LogP contribution in [0.1, 0.15) is 25.0 Å². The van der Waals surface area contributed by atoms with Gasteiger partial charge in [0.1, 0.15) is 12.1 Å². The molecule has 0 bridgehead atoms. The van der Waals surface area contributed by atoms with Gasteiger partial charge in [0.05, 0.1) is 37.4 Å². The molecule has 0 saturated carbocycles. The summed E-state index contributed by atoms with van der Waals surface area (Å²) in [6.07, 6.45) is 6.30. The molecule has 0 aliphatic carbocycles. The van der Waals surface area contributed by atoms with E-state index in [0.717, 1.165) is 55.2 Å². The molecule has 1 amide bonds. The Labute approximate surface area is 248 Å². The number of piperidine rings is 1. The van der Waals surface area contributed by atoms with Gasteiger partial charge in [-0.15, -0.1) is 0 Å². The first kappa shape index (κ1) is 28.4. The van der Waals surface area contributed by atoms with Crippen LogP contribution in [0.4, 0.5) is 17.3 Å². The van der Waals surface area contributed by atoms with Crippen LogP contribution in [0.25, 0.3) is 21.8 Å². The summed E-state index contributed by atoms with van der Waals surface area (Å²) < 4.78 is 11.7. The normalized spacial score (nSPS) is 14.3. The average Bonchev–Trinajstić information content (AvgIpc) is 3.68. The molecule has 13 heteroatoms. The van der Waals surface area contributed by atoms with Crippen molar-refractivity contribution in [3.8, 4) is 11.5 Å². The maximum atomic E-state index is 12.6. The van der Waals surface area contributed by atoms with Gasteiger partial charge in [-0.05, 0) is 62.5 Å². The number of nitrogens with one attached hydrogen (secondary N) is 4. The largest absolute Gasteiger partial charge is 0.493 e. The molecule has 5 aromatic rings. The number of aliphatic hydroxyl groups excluding tert-OH is 1. The first-order valence-corrected chi connectivity index (χ1v) is 14.4. The van der Waals surface area contributed by atoms with Gasteiger partial charge in [0, 0.05) is 47.4 Å². The summed E-state index contributed by atoms with van der Waals surface area (Å²) in [5.74, 6) is 2.55. The van der Waals surface area contributed by atoms with Crippen molar-refractivity contribution in [1.29, 1.82) is 0 Å². The lowest BCUT2D eigenvalue weighted by atomic mass is 9.98. The zero-order valence-electron chi connectivity index (χ0n) is 24.0. The summed E-state index contributed by atoms with van der Waals surface area (Å²) in [5, 5.41) is 31.3. The predicted molar refractivity (Wildman–Crippen MR) is 163 cm³/mol. The fraction of sp³-hybridized carbons (Fsp3) is 0.367. The van der Waals surface area contributed by atoms with Gasteiger partial charge in [-0.1, -0.05) is 0 Å². The minimum Gasteiger partial charge on any atom is -0.493 e. The van der Waals surface area contributed by atoms with Crippen LogP contribution >= 0.6 is 0 Å². The van der Waals surface area contributed by atoms with Crippen molar-refractivity contribution in [1.82, 2.24) is 35.3 Å². The molecule has 224 valence electrons. The van der Waals surface area contributed by atoms with Crippen LogP contribution in [0.5, 0.6) is 11.5 Å². The molecule has 3 aromatic heterocycles. The van der Waals surface area contributed by atoms with Crippen LogP contribution in [0, 0.1) is 5.92 Å². The fourth-order valence-corrected chi connectivity index (χ4v) is 5.34. The number of hydrogen-bond donors (Lipinski definition) is 5. The summed E-state index contributed by atoms with van der Waals surface area (Å²) in [6, 6.07) is 11.0. The van der Waals surface area contributed by atoms with Crippen molar-refractivity contribution in [3.05, 3.63) is 54.6 Å². The lowest BCUT2D eigenvalue weighted by Crippen LogP contribution is -2.35. The van der Waals surface area contributed by atoms with Crippen molar-refractivity contribution in [2.45, 2.75) is 25.7 Å². The lowest BCUT2D eigenvalue weighted by molar-refractivity contribution is -0.115. The van der Waals surface area contributed by atoms with Gasteiger partial charge in [-0.3, -0.25) is 15.0 Å². The number of methoxy groups -OCH3 is 1. The van der Waals surface area contributed by atoms with E-state index in [1.54, 1.807) is 19.4 Å². The Morgan fingerprint density at radius 2 is 2.00 bits per heavy atom. The summed E-state index contributed by atoms with van der Waals surface area (Å²) in [6.45, 7) is 3.83. The number of H-pyrrole nitrogens is 2. The van der Waals surface area contributed by atoms with Gasteiger partial charge in [-0.2, -0.15) is 10.2 Å². The van der Waals surface area contributed by atoms with Crippen LogP contribution in [0.2, 0.25) is 0 Å². The Kier molecular flexibility index (Phi) is 8.61. The summed E-state index contributed by atoms with van der Waals surface area (Å²) in [7, 11) is 1.61. The van der Waals surface area contributed by atoms with E-state index in [-0.39, 0.29) is 18.9 Å². The summed E-state index contributed by atoms with van der Waals surface area (Å²) in [4.78, 5) is 23.9. The Bertz CT molecular complexity index is 1690. The Morgan fingerprint density at radius 3 is 2.84 bits per heavy atom. The molecule has 6 rings (SSSR count). The highest BCUT2D eigenvalue weighted by molar-refractivity contribution is 5.95. The number of carbonyl (C=O) groups is 1. The maximum Gasteiger partial charge on any atom is 0.230 e. The molecule has 0 unspecified atom stereocenters. The van der Waals surface area contributed by atoms with Crippen molar-refractivity contribution in [2.75, 3.05) is 50.6 Å². The molecule has 1 fully saturated rings. The van der Waals surface area contributed by atoms with E-state index in [4.69, 9.17) is 9.47 Å². The van der Waals surface area contributed by atoms with Crippen molar-refractivity contribution in [2.24, 2.45) is 5.92 Å². The van der Waals surface area contributed by atoms with Crippen molar-refractivity contribution >= 4 is 45.0 Å². The minimum absolute atomic E-state index is 0.123. The first-order valence-electron chi connectivity index (χ1n) is 14.4. The minimum atomic E-state index is -0.172. The van der Waals surface area contributed by atoms with Crippen LogP contribution in [0.15, 0.2) is 48.9 Å². The van der Waals surface area contributed by atoms with Gasteiger partial charge < -0.3 is 30.1 Å². The van der Waals surface area contributed by atoms with E-state index in [1.165, 1.54) is 6.33 Å². The Balaban J connectivity index is 1.06. The third-order valence-electron chi connectivity index (χ3n) is 7.71. The standard InChI is InChI=1S/C30H35N9O4/c1-42-26-14-23-25(15-27(26)43-10-2-7-39-8-5-19(17-40)6-9-39)31-18-32-30(23)35-28-12-22(36-38-28)13-29(41)34-21-3-4-24-20(11-21)16-33-37-24/h3-4,11-12,14-16,18-19,40H,2,5-10,13,17H2,1H3,(H,33,37)(H,34,41)(H2,31,32,35,36,38). The molecule has 1 aliphatic heterocycles. The number of aliphatic hydroxyl groups is 1. The molecule has 0 spiro atoms. The second-order valence-corrected chi connectivity index (χ2v) is 10.7. The quantitative estimate of drug-likeness (QED) is 0.136. The van der Waals surface area contributed by atoms with Crippen LogP contribution < -0.4 is 20.1 Å². The number of hydrogen-bond acceptors (Lipinski definition) is 10. The molecule has 0 radical (unpaired) electrons. The summed E-state index contributed by atoms with van der Waals surface area (Å²) in [5.41, 5.74) is 2.95. The van der Waals surface area contributed by atoms with Gasteiger partial charge in [-0.25, -0.2) is 9.97 Å². The zero-order chi connectivity index (χ0) is 29.6. The number of likely N-dealkylation sites (tertiary alicyclic amines) is 1. The van der Waals surface area contributed by atoms with Gasteiger partial charge >= 0.3 is 0 Å². The zero-order valence-corrected chi connectivity index (χ0v) is 24.0. The topological polar surface area (TPSA) is 166 Å². The van der Waals surface area contributed by atoms with E-state index in [0.29, 0.717) is 52.6 Å². The molecular formula is C30H35N9O4. The first-order chi connectivity index (χ1) is 21.1. The third-order valence-corrected chi connectivity index (χ3v) is 7.71. The van der Waals surface area contributed by atoms with E-state index < -0.39 is 0 Å². The highest BCUT2D eigenvalue weighted by atomic mass is 16.5. The number of aromatic nitrogens is 6. The summed E-state index contributed by atoms with van der Waals surface area (Å²) >= 11 is 0. The Morgan fingerprint density at radius 1 is 1.12 bits per heavy atom. The number of anilines is 3. The van der Waals surface area contributed by atoms with E-state index in [9.17, 15) is 9.90 Å². The molecule has 2 aromatic carbocycles. The second-order valence-electron chi connectivity index (χ2n) is 10.7. The highest BCUT2D eigenvalue weighted by Crippen LogP contribution is 2.34. The molecule has 13 nitrogen and oxygen atoms in total. The van der Waals surface area contributed by atoms with E-state index in [1.807, 2.05) is 30.3 Å². The monoisotopic (exact) mass is 585 g/mol. The van der Waals surface area contributed by atoms with Gasteiger partial charge in [0.15, 0.2) is 17.3 Å². The third kappa shape index (κ3) is 6.84. The molecule has 1 aliphatic rings. The molecule has 5 N–H and O–H groups in total. The second kappa shape index (κ2) is 13.0. The predicted octanol–water partition coefficient (Wildman–Crippen LogP) is 3.64. The van der Waals surface area contributed by atoms with Gasteiger partial charge in [0.25, 0.3) is 0 Å². The number of ether oxygens (including phenoxy) is 2.